The fraction of sp³-hybridized carbons (Fsp3) is 0.350. The highest BCUT2D eigenvalue weighted by Gasteiger charge is 2.23. The van der Waals surface area contributed by atoms with Crippen LogP contribution in [0.2, 0.25) is 0 Å². The summed E-state index contributed by atoms with van der Waals surface area (Å²) in [5.41, 5.74) is 8.67. The van der Waals surface area contributed by atoms with E-state index in [1.54, 1.807) is 6.20 Å². The van der Waals surface area contributed by atoms with Gasteiger partial charge in [-0.05, 0) is 45.0 Å². The summed E-state index contributed by atoms with van der Waals surface area (Å²) in [6.45, 7) is 7.71. The largest absolute Gasteiger partial charge is 0.368 e. The Balaban J connectivity index is 1.58. The van der Waals surface area contributed by atoms with Crippen molar-refractivity contribution in [2.45, 2.75) is 32.9 Å². The summed E-state index contributed by atoms with van der Waals surface area (Å²) in [7, 11) is 0. The van der Waals surface area contributed by atoms with Gasteiger partial charge in [0.1, 0.15) is 11.5 Å². The monoisotopic (exact) mass is 381 g/mol. The molecule has 3 heterocycles. The number of hydrogen-bond acceptors (Lipinski definition) is 6. The molecule has 7 nitrogen and oxygen atoms in total. The van der Waals surface area contributed by atoms with E-state index in [2.05, 4.69) is 25.2 Å². The van der Waals surface area contributed by atoms with Gasteiger partial charge in [0, 0.05) is 36.5 Å². The lowest BCUT2D eigenvalue weighted by atomic mass is 10.1. The number of benzene rings is 1. The molecular formula is C20H24FN7. The van der Waals surface area contributed by atoms with Crippen molar-refractivity contribution in [1.82, 2.24) is 19.5 Å². The summed E-state index contributed by atoms with van der Waals surface area (Å²) in [6, 6.07) is 8.35. The van der Waals surface area contributed by atoms with Crippen molar-refractivity contribution in [2.75, 3.05) is 23.3 Å². The highest BCUT2D eigenvalue weighted by molar-refractivity contribution is 5.62. The molecule has 3 aromatic rings. The maximum atomic E-state index is 14.5. The first-order chi connectivity index (χ1) is 13.4. The lowest BCUT2D eigenvalue weighted by molar-refractivity contribution is 0.519. The first-order valence-corrected chi connectivity index (χ1v) is 9.36. The molecule has 2 aromatic heterocycles. The predicted molar refractivity (Wildman–Crippen MR) is 108 cm³/mol. The van der Waals surface area contributed by atoms with Crippen molar-refractivity contribution in [3.63, 3.8) is 0 Å². The Morgan fingerprint density at radius 3 is 2.50 bits per heavy atom. The van der Waals surface area contributed by atoms with Crippen LogP contribution in [0.1, 0.15) is 25.7 Å². The summed E-state index contributed by atoms with van der Waals surface area (Å²) in [5, 5.41) is 3.15. The summed E-state index contributed by atoms with van der Waals surface area (Å²) in [6.07, 6.45) is 2.84. The van der Waals surface area contributed by atoms with E-state index in [-0.39, 0.29) is 17.8 Å². The number of nitrogens with zero attached hydrogens (tertiary/aromatic N) is 5. The number of imidazole rings is 1. The summed E-state index contributed by atoms with van der Waals surface area (Å²) in [5.74, 6) is 0.680. The van der Waals surface area contributed by atoms with E-state index in [0.717, 1.165) is 30.3 Å². The van der Waals surface area contributed by atoms with Crippen LogP contribution in [0.25, 0.3) is 11.4 Å². The normalized spacial score (nSPS) is 14.4. The fourth-order valence-electron chi connectivity index (χ4n) is 3.50. The Hall–Kier alpha value is -3.00. The molecule has 3 N–H and O–H groups in total. The minimum atomic E-state index is -0.475. The molecule has 0 atom stereocenters. The molecule has 0 bridgehead atoms. The van der Waals surface area contributed by atoms with E-state index in [4.69, 9.17) is 5.73 Å². The van der Waals surface area contributed by atoms with E-state index >= 15 is 0 Å². The second kappa shape index (κ2) is 7.20. The molecular weight excluding hydrogens is 357 g/mol. The van der Waals surface area contributed by atoms with Gasteiger partial charge in [-0.15, -0.1) is 0 Å². The summed E-state index contributed by atoms with van der Waals surface area (Å²) < 4.78 is 16.4. The number of hydrogen-bond donors (Lipinski definition) is 2. The number of anilines is 3. The molecule has 4 rings (SSSR count). The van der Waals surface area contributed by atoms with Gasteiger partial charge >= 0.3 is 0 Å². The van der Waals surface area contributed by atoms with Gasteiger partial charge in [-0.3, -0.25) is 0 Å². The Labute approximate surface area is 163 Å². The molecule has 0 saturated carbocycles. The molecule has 1 fully saturated rings. The van der Waals surface area contributed by atoms with Crippen LogP contribution in [0.5, 0.6) is 0 Å². The molecule has 0 unspecified atom stereocenters. The third kappa shape index (κ3) is 3.43. The van der Waals surface area contributed by atoms with Crippen molar-refractivity contribution < 1.29 is 4.39 Å². The van der Waals surface area contributed by atoms with Crippen LogP contribution < -0.4 is 16.0 Å². The lowest BCUT2D eigenvalue weighted by Crippen LogP contribution is -2.55. The standard InChI is InChI=1S/C20H24FN7/c1-12(2)28-13(3)23-9-18(28)19-17(21)8-24-20(26-19)25-15-4-6-16(7-5-15)27-10-14(22)11-27/h4-9,12,14H,10-11,22H2,1-3H3,(H,24,25,26). The van der Waals surface area contributed by atoms with Gasteiger partial charge in [-0.2, -0.15) is 0 Å². The SMILES string of the molecule is Cc1ncc(-c2nc(Nc3ccc(N4CC(N)C4)cc3)ncc2F)n1C(C)C. The third-order valence-corrected chi connectivity index (χ3v) is 4.88. The van der Waals surface area contributed by atoms with Gasteiger partial charge in [0.25, 0.3) is 0 Å². The van der Waals surface area contributed by atoms with Crippen molar-refractivity contribution >= 4 is 17.3 Å². The molecule has 28 heavy (non-hydrogen) atoms. The molecule has 0 radical (unpaired) electrons. The average molecular weight is 381 g/mol. The number of aryl methyl sites for hydroxylation is 1. The van der Waals surface area contributed by atoms with Gasteiger partial charge in [-0.1, -0.05) is 0 Å². The van der Waals surface area contributed by atoms with Crippen LogP contribution >= 0.6 is 0 Å². The average Bonchev–Trinajstić information content (AvgIpc) is 3.03. The summed E-state index contributed by atoms with van der Waals surface area (Å²) in [4.78, 5) is 15.0. The smallest absolute Gasteiger partial charge is 0.227 e. The van der Waals surface area contributed by atoms with Gasteiger partial charge in [0.05, 0.1) is 18.1 Å². The van der Waals surface area contributed by atoms with Crippen molar-refractivity contribution in [1.29, 1.82) is 0 Å². The maximum Gasteiger partial charge on any atom is 0.227 e. The van der Waals surface area contributed by atoms with Crippen LogP contribution in [0.4, 0.5) is 21.7 Å². The number of nitrogens with two attached hydrogens (primary N) is 1. The van der Waals surface area contributed by atoms with Gasteiger partial charge < -0.3 is 20.5 Å². The molecule has 0 amide bonds. The lowest BCUT2D eigenvalue weighted by Gasteiger charge is -2.38. The number of halogens is 1. The third-order valence-electron chi connectivity index (χ3n) is 4.88. The highest BCUT2D eigenvalue weighted by atomic mass is 19.1. The number of rotatable bonds is 5. The van der Waals surface area contributed by atoms with E-state index in [9.17, 15) is 4.39 Å². The zero-order valence-electron chi connectivity index (χ0n) is 16.2. The van der Waals surface area contributed by atoms with E-state index in [0.29, 0.717) is 11.6 Å². The predicted octanol–water partition coefficient (Wildman–Crippen LogP) is 3.26. The Kier molecular flexibility index (Phi) is 4.72. The first-order valence-electron chi connectivity index (χ1n) is 9.36. The van der Waals surface area contributed by atoms with Gasteiger partial charge in [-0.25, -0.2) is 19.3 Å². The van der Waals surface area contributed by atoms with Crippen LogP contribution in [0.3, 0.4) is 0 Å². The minimum absolute atomic E-state index is 0.144. The highest BCUT2D eigenvalue weighted by Crippen LogP contribution is 2.27. The molecule has 0 aliphatic carbocycles. The molecule has 146 valence electrons. The van der Waals surface area contributed by atoms with E-state index in [1.165, 1.54) is 6.20 Å². The quantitative estimate of drug-likeness (QED) is 0.706. The van der Waals surface area contributed by atoms with Crippen LogP contribution in [0, 0.1) is 12.7 Å². The van der Waals surface area contributed by atoms with Crippen LogP contribution in [-0.2, 0) is 0 Å². The number of nitrogens with one attached hydrogen (secondary N) is 1. The van der Waals surface area contributed by atoms with E-state index in [1.807, 2.05) is 49.6 Å². The second-order valence-corrected chi connectivity index (χ2v) is 7.38. The molecule has 1 saturated heterocycles. The molecule has 0 spiro atoms. The summed E-state index contributed by atoms with van der Waals surface area (Å²) >= 11 is 0. The van der Waals surface area contributed by atoms with Crippen molar-refractivity contribution in [3.8, 4) is 11.4 Å². The fourth-order valence-corrected chi connectivity index (χ4v) is 3.50. The van der Waals surface area contributed by atoms with Gasteiger partial charge in [0.2, 0.25) is 5.95 Å². The van der Waals surface area contributed by atoms with Crippen LogP contribution in [-0.4, -0.2) is 38.7 Å². The molecule has 1 aliphatic heterocycles. The molecule has 1 aliphatic rings. The van der Waals surface area contributed by atoms with Crippen molar-refractivity contribution in [3.05, 3.63) is 48.3 Å². The Morgan fingerprint density at radius 1 is 1.14 bits per heavy atom. The van der Waals surface area contributed by atoms with Crippen molar-refractivity contribution in [2.24, 2.45) is 5.73 Å². The molecule has 1 aromatic carbocycles. The zero-order valence-corrected chi connectivity index (χ0v) is 16.2. The number of aromatic nitrogens is 4. The Morgan fingerprint density at radius 2 is 1.86 bits per heavy atom. The topological polar surface area (TPSA) is 84.9 Å². The minimum Gasteiger partial charge on any atom is -0.368 e. The maximum absolute atomic E-state index is 14.5. The van der Waals surface area contributed by atoms with E-state index < -0.39 is 5.82 Å². The first kappa shape index (κ1) is 18.4. The van der Waals surface area contributed by atoms with Crippen LogP contribution in [0.15, 0.2) is 36.7 Å². The molecule has 8 heteroatoms. The zero-order chi connectivity index (χ0) is 19.8. The Bertz CT molecular complexity index is 975. The van der Waals surface area contributed by atoms with Gasteiger partial charge in [0.15, 0.2) is 5.82 Å². The second-order valence-electron chi connectivity index (χ2n) is 7.38.